The molecule has 0 aliphatic carbocycles. The second-order valence-electron chi connectivity index (χ2n) is 4.65. The Hall–Kier alpha value is 0.310. The highest BCUT2D eigenvalue weighted by molar-refractivity contribution is 7.99. The maximum absolute atomic E-state index is 3.61. The van der Waals surface area contributed by atoms with E-state index in [-0.39, 0.29) is 0 Å². The third-order valence-corrected chi connectivity index (χ3v) is 3.91. The Labute approximate surface area is 94.4 Å². The number of hydrogen-bond acceptors (Lipinski definition) is 2. The molecule has 1 N–H and O–H groups in total. The zero-order chi connectivity index (χ0) is 11.0. The van der Waals surface area contributed by atoms with Crippen molar-refractivity contribution >= 4 is 11.8 Å². The molecular formula is C12H27NS. The van der Waals surface area contributed by atoms with Gasteiger partial charge in [-0.15, -0.1) is 0 Å². The molecule has 0 aromatic rings. The molecule has 1 unspecified atom stereocenters. The summed E-state index contributed by atoms with van der Waals surface area (Å²) < 4.78 is 0. The van der Waals surface area contributed by atoms with E-state index < -0.39 is 0 Å². The lowest BCUT2D eigenvalue weighted by Gasteiger charge is -2.26. The van der Waals surface area contributed by atoms with Crippen LogP contribution in [-0.4, -0.2) is 23.1 Å². The fourth-order valence-electron chi connectivity index (χ4n) is 1.03. The summed E-state index contributed by atoms with van der Waals surface area (Å²) in [4.78, 5) is 0. The second kappa shape index (κ2) is 7.58. The van der Waals surface area contributed by atoms with Crippen LogP contribution in [0.2, 0.25) is 0 Å². The van der Waals surface area contributed by atoms with Gasteiger partial charge < -0.3 is 5.32 Å². The first-order valence-corrected chi connectivity index (χ1v) is 6.93. The van der Waals surface area contributed by atoms with E-state index in [9.17, 15) is 0 Å². The SMILES string of the molecule is CCCCSC(C)CNC(C)(C)CC. The van der Waals surface area contributed by atoms with Crippen molar-refractivity contribution in [3.63, 3.8) is 0 Å². The molecule has 0 radical (unpaired) electrons. The van der Waals surface area contributed by atoms with Gasteiger partial charge in [-0.2, -0.15) is 11.8 Å². The van der Waals surface area contributed by atoms with Crippen molar-refractivity contribution in [2.45, 2.75) is 64.7 Å². The molecule has 86 valence electrons. The Morgan fingerprint density at radius 2 is 1.93 bits per heavy atom. The van der Waals surface area contributed by atoms with Gasteiger partial charge in [0.2, 0.25) is 0 Å². The molecule has 1 atom stereocenters. The largest absolute Gasteiger partial charge is 0.311 e. The first kappa shape index (κ1) is 14.3. The van der Waals surface area contributed by atoms with Crippen molar-refractivity contribution in [3.05, 3.63) is 0 Å². The van der Waals surface area contributed by atoms with E-state index >= 15 is 0 Å². The summed E-state index contributed by atoms with van der Waals surface area (Å²) >= 11 is 2.09. The first-order valence-electron chi connectivity index (χ1n) is 5.88. The van der Waals surface area contributed by atoms with Gasteiger partial charge in [-0.3, -0.25) is 0 Å². The molecule has 0 spiro atoms. The molecule has 0 rings (SSSR count). The van der Waals surface area contributed by atoms with E-state index in [1.807, 2.05) is 0 Å². The van der Waals surface area contributed by atoms with Crippen LogP contribution >= 0.6 is 11.8 Å². The van der Waals surface area contributed by atoms with Crippen LogP contribution in [0.1, 0.15) is 53.9 Å². The monoisotopic (exact) mass is 217 g/mol. The van der Waals surface area contributed by atoms with Gasteiger partial charge in [0.25, 0.3) is 0 Å². The van der Waals surface area contributed by atoms with Gasteiger partial charge in [0.15, 0.2) is 0 Å². The molecule has 0 aliphatic rings. The summed E-state index contributed by atoms with van der Waals surface area (Å²) in [7, 11) is 0. The van der Waals surface area contributed by atoms with E-state index in [0.29, 0.717) is 5.54 Å². The fourth-order valence-corrected chi connectivity index (χ4v) is 2.09. The zero-order valence-electron chi connectivity index (χ0n) is 10.5. The average molecular weight is 217 g/mol. The van der Waals surface area contributed by atoms with Crippen LogP contribution in [0.25, 0.3) is 0 Å². The maximum Gasteiger partial charge on any atom is 0.0144 e. The van der Waals surface area contributed by atoms with Gasteiger partial charge in [-0.05, 0) is 32.4 Å². The summed E-state index contributed by atoms with van der Waals surface area (Å²) in [5.74, 6) is 1.31. The highest BCUT2D eigenvalue weighted by Crippen LogP contribution is 2.14. The number of unbranched alkanes of at least 4 members (excludes halogenated alkanes) is 1. The van der Waals surface area contributed by atoms with Crippen molar-refractivity contribution in [2.75, 3.05) is 12.3 Å². The third kappa shape index (κ3) is 7.69. The van der Waals surface area contributed by atoms with Crippen LogP contribution in [-0.2, 0) is 0 Å². The lowest BCUT2D eigenvalue weighted by Crippen LogP contribution is -2.41. The van der Waals surface area contributed by atoms with Crippen molar-refractivity contribution in [1.29, 1.82) is 0 Å². The lowest BCUT2D eigenvalue weighted by atomic mass is 10.0. The first-order chi connectivity index (χ1) is 6.52. The molecule has 0 aliphatic heterocycles. The topological polar surface area (TPSA) is 12.0 Å². The molecule has 14 heavy (non-hydrogen) atoms. The fraction of sp³-hybridized carbons (Fsp3) is 1.00. The van der Waals surface area contributed by atoms with Crippen LogP contribution in [0.5, 0.6) is 0 Å². The number of hydrogen-bond donors (Lipinski definition) is 1. The predicted molar refractivity (Wildman–Crippen MR) is 69.2 cm³/mol. The van der Waals surface area contributed by atoms with Gasteiger partial charge in [-0.1, -0.05) is 27.2 Å². The van der Waals surface area contributed by atoms with E-state index in [1.54, 1.807) is 0 Å². The van der Waals surface area contributed by atoms with E-state index in [1.165, 1.54) is 25.0 Å². The van der Waals surface area contributed by atoms with Crippen molar-refractivity contribution < 1.29 is 0 Å². The normalized spacial score (nSPS) is 14.4. The molecule has 0 saturated heterocycles. The van der Waals surface area contributed by atoms with Crippen LogP contribution < -0.4 is 5.32 Å². The van der Waals surface area contributed by atoms with Crippen molar-refractivity contribution in [3.8, 4) is 0 Å². The highest BCUT2D eigenvalue weighted by atomic mass is 32.2. The van der Waals surface area contributed by atoms with Crippen LogP contribution in [0.15, 0.2) is 0 Å². The Morgan fingerprint density at radius 3 is 2.43 bits per heavy atom. The van der Waals surface area contributed by atoms with Gasteiger partial charge in [0.1, 0.15) is 0 Å². The summed E-state index contributed by atoms with van der Waals surface area (Å²) in [6.45, 7) is 12.5. The quantitative estimate of drug-likeness (QED) is 0.622. The molecule has 0 aromatic heterocycles. The van der Waals surface area contributed by atoms with E-state index in [4.69, 9.17) is 0 Å². The molecule has 2 heteroatoms. The molecule has 0 fully saturated rings. The summed E-state index contributed by atoms with van der Waals surface area (Å²) in [5, 5.41) is 4.36. The minimum atomic E-state index is 0.305. The minimum absolute atomic E-state index is 0.305. The van der Waals surface area contributed by atoms with Crippen molar-refractivity contribution in [2.24, 2.45) is 0 Å². The van der Waals surface area contributed by atoms with Crippen LogP contribution in [0.4, 0.5) is 0 Å². The summed E-state index contributed by atoms with van der Waals surface area (Å²) in [6.07, 6.45) is 3.86. The van der Waals surface area contributed by atoms with E-state index in [2.05, 4.69) is 51.7 Å². The Balaban J connectivity index is 3.48. The molecule has 0 amide bonds. The third-order valence-electron chi connectivity index (χ3n) is 2.65. The van der Waals surface area contributed by atoms with Gasteiger partial charge in [-0.25, -0.2) is 0 Å². The van der Waals surface area contributed by atoms with Crippen LogP contribution in [0.3, 0.4) is 0 Å². The number of nitrogens with one attached hydrogen (secondary N) is 1. The molecule has 0 heterocycles. The molecule has 0 bridgehead atoms. The Bertz CT molecular complexity index is 134. The smallest absolute Gasteiger partial charge is 0.0144 e. The summed E-state index contributed by atoms with van der Waals surface area (Å²) in [6, 6.07) is 0. The standard InChI is InChI=1S/C12H27NS/c1-6-8-9-14-11(3)10-13-12(4,5)7-2/h11,13H,6-10H2,1-5H3. The number of rotatable bonds is 8. The predicted octanol–water partition coefficient (Wildman–Crippen LogP) is 3.69. The summed E-state index contributed by atoms with van der Waals surface area (Å²) in [5.41, 5.74) is 0.305. The lowest BCUT2D eigenvalue weighted by molar-refractivity contribution is 0.379. The van der Waals surface area contributed by atoms with E-state index in [0.717, 1.165) is 11.8 Å². The van der Waals surface area contributed by atoms with Crippen molar-refractivity contribution in [1.82, 2.24) is 5.32 Å². The van der Waals surface area contributed by atoms with Gasteiger partial charge in [0.05, 0.1) is 0 Å². The van der Waals surface area contributed by atoms with Gasteiger partial charge in [0, 0.05) is 17.3 Å². The maximum atomic E-state index is 3.61. The second-order valence-corrected chi connectivity index (χ2v) is 6.20. The minimum Gasteiger partial charge on any atom is -0.311 e. The number of thioether (sulfide) groups is 1. The molecular weight excluding hydrogens is 190 g/mol. The van der Waals surface area contributed by atoms with Gasteiger partial charge >= 0.3 is 0 Å². The van der Waals surface area contributed by atoms with Crippen LogP contribution in [0, 0.1) is 0 Å². The Kier molecular flexibility index (Phi) is 7.75. The highest BCUT2D eigenvalue weighted by Gasteiger charge is 2.14. The Morgan fingerprint density at radius 1 is 1.29 bits per heavy atom. The molecule has 0 aromatic carbocycles. The average Bonchev–Trinajstić information content (AvgIpc) is 2.16. The zero-order valence-corrected chi connectivity index (χ0v) is 11.3. The molecule has 0 saturated carbocycles. The molecule has 1 nitrogen and oxygen atoms in total.